The van der Waals surface area contributed by atoms with Crippen molar-refractivity contribution in [3.8, 4) is 0 Å². The van der Waals surface area contributed by atoms with E-state index in [0.29, 0.717) is 11.3 Å². The lowest BCUT2D eigenvalue weighted by Gasteiger charge is -2.10. The Bertz CT molecular complexity index is 1290. The molecule has 0 saturated heterocycles. The molecule has 1 N–H and O–H groups in total. The van der Waals surface area contributed by atoms with E-state index < -0.39 is 10.9 Å². The molecule has 2 aromatic heterocycles. The molecule has 0 fully saturated rings. The molecule has 0 radical (unpaired) electrons. The molecule has 2 aromatic carbocycles. The summed E-state index contributed by atoms with van der Waals surface area (Å²) in [6.45, 7) is 2.00. The van der Waals surface area contributed by atoms with E-state index in [9.17, 15) is 14.9 Å². The van der Waals surface area contributed by atoms with Gasteiger partial charge in [0.05, 0.1) is 22.6 Å². The van der Waals surface area contributed by atoms with Crippen molar-refractivity contribution in [1.82, 2.24) is 15.0 Å². The summed E-state index contributed by atoms with van der Waals surface area (Å²) in [5, 5.41) is 16.0. The first-order valence-corrected chi connectivity index (χ1v) is 10.4. The fourth-order valence-corrected chi connectivity index (χ4v) is 3.99. The Morgan fingerprint density at radius 1 is 1.09 bits per heavy atom. The van der Waals surface area contributed by atoms with Gasteiger partial charge in [0.1, 0.15) is 6.33 Å². The number of fused-ring (bicyclic) bond motifs is 1. The van der Waals surface area contributed by atoms with Crippen LogP contribution in [0.2, 0.25) is 0 Å². The normalized spacial score (nSPS) is 10.7. The van der Waals surface area contributed by atoms with Crippen LogP contribution >= 0.6 is 11.8 Å². The molecule has 2 heterocycles. The number of hydrogen-bond donors (Lipinski definition) is 1. The van der Waals surface area contributed by atoms with Crippen LogP contribution in [0.25, 0.3) is 10.9 Å². The smallest absolute Gasteiger partial charge is 0.343 e. The van der Waals surface area contributed by atoms with Crippen molar-refractivity contribution in [1.29, 1.82) is 0 Å². The minimum absolute atomic E-state index is 0.0459. The molecule has 4 aromatic rings. The third kappa shape index (κ3) is 4.49. The summed E-state index contributed by atoms with van der Waals surface area (Å²) in [4.78, 5) is 36.5. The van der Waals surface area contributed by atoms with Crippen molar-refractivity contribution >= 4 is 45.8 Å². The van der Waals surface area contributed by atoms with Crippen LogP contribution in [0.1, 0.15) is 17.3 Å². The number of aromatic nitrogens is 3. The molecule has 9 nitrogen and oxygen atoms in total. The van der Waals surface area contributed by atoms with Crippen LogP contribution in [-0.4, -0.2) is 32.5 Å². The summed E-state index contributed by atoms with van der Waals surface area (Å²) in [7, 11) is 0. The lowest BCUT2D eigenvalue weighted by molar-refractivity contribution is -0.387. The highest BCUT2D eigenvalue weighted by Crippen LogP contribution is 2.39. The molecular weight excluding hydrogens is 430 g/mol. The zero-order chi connectivity index (χ0) is 22.5. The van der Waals surface area contributed by atoms with E-state index in [1.54, 1.807) is 37.4 Å². The Morgan fingerprint density at radius 2 is 1.88 bits per heavy atom. The monoisotopic (exact) mass is 447 g/mol. The molecule has 160 valence electrons. The largest absolute Gasteiger partial charge is 0.462 e. The van der Waals surface area contributed by atoms with Gasteiger partial charge in [-0.05, 0) is 43.3 Å². The fraction of sp³-hybridized carbons (Fsp3) is 0.0909. The van der Waals surface area contributed by atoms with E-state index in [0.717, 1.165) is 27.6 Å². The van der Waals surface area contributed by atoms with E-state index in [4.69, 9.17) is 4.74 Å². The van der Waals surface area contributed by atoms with Crippen molar-refractivity contribution < 1.29 is 14.5 Å². The minimum Gasteiger partial charge on any atom is -0.462 e. The van der Waals surface area contributed by atoms with Gasteiger partial charge < -0.3 is 10.1 Å². The van der Waals surface area contributed by atoms with Crippen LogP contribution in [0, 0.1) is 10.1 Å². The number of carbonyl (C=O) groups excluding carboxylic acids is 1. The molecule has 0 aliphatic heterocycles. The number of nitro groups is 1. The second kappa shape index (κ2) is 9.40. The highest BCUT2D eigenvalue weighted by molar-refractivity contribution is 7.99. The molecule has 0 atom stereocenters. The molecule has 0 saturated carbocycles. The second-order valence-electron chi connectivity index (χ2n) is 6.49. The number of para-hydroxylation sites is 1. The van der Waals surface area contributed by atoms with Gasteiger partial charge in [-0.25, -0.2) is 14.8 Å². The zero-order valence-electron chi connectivity index (χ0n) is 16.9. The molecule has 10 heteroatoms. The Morgan fingerprint density at radius 3 is 2.62 bits per heavy atom. The summed E-state index contributed by atoms with van der Waals surface area (Å²) in [5.41, 5.74) is 1.40. The predicted octanol–water partition coefficient (Wildman–Crippen LogP) is 5.00. The molecule has 0 amide bonds. The second-order valence-corrected chi connectivity index (χ2v) is 7.52. The first-order valence-electron chi connectivity index (χ1n) is 9.62. The zero-order valence-corrected chi connectivity index (χ0v) is 17.7. The summed E-state index contributed by atoms with van der Waals surface area (Å²) >= 11 is 1.15. The van der Waals surface area contributed by atoms with Gasteiger partial charge in [-0.1, -0.05) is 30.0 Å². The molecule has 0 aliphatic rings. The Hall–Kier alpha value is -4.05. The van der Waals surface area contributed by atoms with Gasteiger partial charge in [0.15, 0.2) is 5.03 Å². The first kappa shape index (κ1) is 21.2. The van der Waals surface area contributed by atoms with E-state index in [1.165, 1.54) is 6.33 Å². The number of anilines is 2. The molecule has 0 aliphatic carbocycles. The maximum Gasteiger partial charge on any atom is 0.343 e. The highest BCUT2D eigenvalue weighted by atomic mass is 32.2. The van der Waals surface area contributed by atoms with Crippen LogP contribution in [0.5, 0.6) is 0 Å². The maximum absolute atomic E-state index is 11.9. The van der Waals surface area contributed by atoms with Crippen molar-refractivity contribution in [3.63, 3.8) is 0 Å². The van der Waals surface area contributed by atoms with E-state index in [-0.39, 0.29) is 23.1 Å². The van der Waals surface area contributed by atoms with Crippen LogP contribution in [0.15, 0.2) is 77.0 Å². The number of nitrogens with one attached hydrogen (secondary N) is 1. The van der Waals surface area contributed by atoms with Crippen LogP contribution < -0.4 is 5.32 Å². The minimum atomic E-state index is -0.518. The van der Waals surface area contributed by atoms with Crippen molar-refractivity contribution in [2.75, 3.05) is 11.9 Å². The van der Waals surface area contributed by atoms with E-state index in [1.807, 2.05) is 30.3 Å². The van der Waals surface area contributed by atoms with E-state index in [2.05, 4.69) is 20.3 Å². The summed E-state index contributed by atoms with van der Waals surface area (Å²) < 4.78 is 4.96. The topological polar surface area (TPSA) is 120 Å². The summed E-state index contributed by atoms with van der Waals surface area (Å²) in [5.74, 6) is -0.390. The van der Waals surface area contributed by atoms with Crippen LogP contribution in [0.4, 0.5) is 17.2 Å². The third-order valence-electron chi connectivity index (χ3n) is 4.43. The number of pyridine rings is 1. The first-order chi connectivity index (χ1) is 15.6. The van der Waals surface area contributed by atoms with Gasteiger partial charge in [-0.3, -0.25) is 15.1 Å². The average molecular weight is 447 g/mol. The number of ether oxygens (including phenoxy) is 1. The number of nitrogens with zero attached hydrogens (tertiary/aromatic N) is 4. The lowest BCUT2D eigenvalue weighted by Crippen LogP contribution is -2.05. The molecule has 4 rings (SSSR count). The van der Waals surface area contributed by atoms with Crippen LogP contribution in [0.3, 0.4) is 0 Å². The van der Waals surface area contributed by atoms with Gasteiger partial charge in [0.2, 0.25) is 5.82 Å². The number of rotatable bonds is 7. The summed E-state index contributed by atoms with van der Waals surface area (Å²) in [6, 6.07) is 15.8. The molecule has 0 spiro atoms. The fourth-order valence-electron chi connectivity index (χ4n) is 3.00. The van der Waals surface area contributed by atoms with Crippen molar-refractivity contribution in [3.05, 3.63) is 82.8 Å². The van der Waals surface area contributed by atoms with Crippen molar-refractivity contribution in [2.45, 2.75) is 16.8 Å². The van der Waals surface area contributed by atoms with Gasteiger partial charge in [0.25, 0.3) is 0 Å². The van der Waals surface area contributed by atoms with Crippen LogP contribution in [-0.2, 0) is 4.74 Å². The number of benzene rings is 2. The summed E-state index contributed by atoms with van der Waals surface area (Å²) in [6.07, 6.45) is 2.94. The lowest BCUT2D eigenvalue weighted by atomic mass is 10.2. The Balaban J connectivity index is 1.65. The average Bonchev–Trinajstić information content (AvgIpc) is 2.80. The molecule has 0 bridgehead atoms. The number of carbonyl (C=O) groups is 1. The Kier molecular flexibility index (Phi) is 6.22. The van der Waals surface area contributed by atoms with E-state index >= 15 is 0 Å². The molecule has 32 heavy (non-hydrogen) atoms. The van der Waals surface area contributed by atoms with Gasteiger partial charge >= 0.3 is 11.7 Å². The number of esters is 1. The number of hydrogen-bond acceptors (Lipinski definition) is 9. The molecular formula is C22H17N5O4S. The Labute approximate surface area is 187 Å². The molecule has 0 unspecified atom stereocenters. The van der Waals surface area contributed by atoms with Gasteiger partial charge in [-0.2, -0.15) is 0 Å². The van der Waals surface area contributed by atoms with Gasteiger partial charge in [0, 0.05) is 22.2 Å². The van der Waals surface area contributed by atoms with Crippen molar-refractivity contribution in [2.24, 2.45) is 0 Å². The predicted molar refractivity (Wildman–Crippen MR) is 120 cm³/mol. The third-order valence-corrected chi connectivity index (χ3v) is 5.47. The quantitative estimate of drug-likeness (QED) is 0.180. The SMILES string of the molecule is CCOC(=O)c1ccc(Nc2ncnc(Sc3cccc4cccnc34)c2[N+](=O)[O-])cc1. The van der Waals surface area contributed by atoms with Gasteiger partial charge in [-0.15, -0.1) is 0 Å². The standard InChI is InChI=1S/C22H17N5O4S/c1-2-31-22(28)15-8-10-16(11-9-15)26-20-19(27(29)30)21(25-13-24-20)32-17-7-3-5-14-6-4-12-23-18(14)17/h3-13H,2H2,1H3,(H,24,25,26). The maximum atomic E-state index is 11.9. The highest BCUT2D eigenvalue weighted by Gasteiger charge is 2.24.